The van der Waals surface area contributed by atoms with Crippen LogP contribution in [-0.2, 0) is 6.54 Å². The first-order valence-corrected chi connectivity index (χ1v) is 9.18. The van der Waals surface area contributed by atoms with Crippen molar-refractivity contribution in [2.75, 3.05) is 0 Å². The zero-order chi connectivity index (χ0) is 19.0. The molecule has 0 saturated heterocycles. The minimum Gasteiger partial charge on any atom is -0.323 e. The third-order valence-electron chi connectivity index (χ3n) is 4.75. The van der Waals surface area contributed by atoms with Gasteiger partial charge in [-0.15, -0.1) is 0 Å². The molecule has 1 aliphatic rings. The quantitative estimate of drug-likeness (QED) is 0.581. The zero-order valence-corrected chi connectivity index (χ0v) is 15.7. The molecule has 0 aliphatic carbocycles. The lowest BCUT2D eigenvalue weighted by molar-refractivity contribution is 0.0736. The predicted octanol–water partition coefficient (Wildman–Crippen LogP) is 5.61. The minimum atomic E-state index is -0.283. The van der Waals surface area contributed by atoms with E-state index >= 15 is 0 Å². The van der Waals surface area contributed by atoms with E-state index in [0.29, 0.717) is 27.7 Å². The number of rotatable bonds is 3. The van der Waals surface area contributed by atoms with Crippen LogP contribution in [0.1, 0.15) is 38.7 Å². The number of amides is 1. The summed E-state index contributed by atoms with van der Waals surface area (Å²) in [7, 11) is 0. The first kappa shape index (κ1) is 17.6. The van der Waals surface area contributed by atoms with Crippen molar-refractivity contribution in [1.82, 2.24) is 4.90 Å². The minimum absolute atomic E-state index is 0.0585. The Kier molecular flexibility index (Phi) is 4.61. The summed E-state index contributed by atoms with van der Waals surface area (Å²) in [5, 5.41) is 10.2. The normalized spacial score (nSPS) is 15.5. The number of carbonyl (C=O) groups is 1. The number of halogens is 2. The number of nitriles is 1. The maximum absolute atomic E-state index is 13.1. The third kappa shape index (κ3) is 3.19. The molecule has 5 heteroatoms. The lowest BCUT2D eigenvalue weighted by Gasteiger charge is -2.26. The van der Waals surface area contributed by atoms with E-state index in [0.717, 1.165) is 16.7 Å². The molecule has 0 aromatic heterocycles. The maximum Gasteiger partial charge on any atom is 0.255 e. The van der Waals surface area contributed by atoms with Gasteiger partial charge in [-0.1, -0.05) is 53.5 Å². The number of hydrogen-bond acceptors (Lipinski definition) is 2. The van der Waals surface area contributed by atoms with Crippen LogP contribution >= 0.6 is 23.2 Å². The molecule has 0 spiro atoms. The van der Waals surface area contributed by atoms with Crippen LogP contribution in [-0.4, -0.2) is 10.8 Å². The van der Waals surface area contributed by atoms with Crippen molar-refractivity contribution in [1.29, 1.82) is 5.26 Å². The van der Waals surface area contributed by atoms with Gasteiger partial charge < -0.3 is 4.90 Å². The van der Waals surface area contributed by atoms with Crippen LogP contribution in [0, 0.1) is 11.3 Å². The lowest BCUT2D eigenvalue weighted by Crippen LogP contribution is -2.28. The molecule has 0 radical (unpaired) electrons. The second-order valence-electron chi connectivity index (χ2n) is 6.40. The van der Waals surface area contributed by atoms with Crippen molar-refractivity contribution in [2.45, 2.75) is 12.6 Å². The van der Waals surface area contributed by atoms with Crippen LogP contribution in [0.3, 0.4) is 0 Å². The Morgan fingerprint density at radius 3 is 2.33 bits per heavy atom. The Balaban J connectivity index is 1.78. The molecule has 3 aromatic rings. The van der Waals surface area contributed by atoms with Gasteiger partial charge in [0.25, 0.3) is 5.91 Å². The summed E-state index contributed by atoms with van der Waals surface area (Å²) < 4.78 is 0. The third-order valence-corrected chi connectivity index (χ3v) is 5.33. The van der Waals surface area contributed by atoms with E-state index in [2.05, 4.69) is 6.07 Å². The number of nitrogens with zero attached hydrogens (tertiary/aromatic N) is 2. The van der Waals surface area contributed by atoms with Gasteiger partial charge in [-0.25, -0.2) is 0 Å². The Labute approximate surface area is 167 Å². The van der Waals surface area contributed by atoms with Crippen LogP contribution in [0.2, 0.25) is 10.0 Å². The molecule has 1 atom stereocenters. The molecule has 0 saturated carbocycles. The second kappa shape index (κ2) is 7.08. The van der Waals surface area contributed by atoms with Crippen molar-refractivity contribution in [3.63, 3.8) is 0 Å². The average molecular weight is 393 g/mol. The van der Waals surface area contributed by atoms with E-state index < -0.39 is 0 Å². The summed E-state index contributed by atoms with van der Waals surface area (Å²) in [5.41, 5.74) is 3.93. The van der Waals surface area contributed by atoms with Gasteiger partial charge >= 0.3 is 0 Å². The van der Waals surface area contributed by atoms with Gasteiger partial charge in [0.05, 0.1) is 17.7 Å². The summed E-state index contributed by atoms with van der Waals surface area (Å²) in [6, 6.07) is 22.0. The molecule has 0 N–H and O–H groups in total. The first-order chi connectivity index (χ1) is 13.1. The summed E-state index contributed by atoms with van der Waals surface area (Å²) in [4.78, 5) is 14.9. The number of hydrogen-bond donors (Lipinski definition) is 0. The van der Waals surface area contributed by atoms with Crippen molar-refractivity contribution in [2.24, 2.45) is 0 Å². The van der Waals surface area contributed by atoms with Crippen LogP contribution in [0.25, 0.3) is 0 Å². The van der Waals surface area contributed by atoms with E-state index in [1.165, 1.54) is 0 Å². The van der Waals surface area contributed by atoms with Crippen LogP contribution in [0.5, 0.6) is 0 Å². The average Bonchev–Trinajstić information content (AvgIpc) is 2.97. The first-order valence-electron chi connectivity index (χ1n) is 8.42. The van der Waals surface area contributed by atoms with Crippen LogP contribution in [0.15, 0.2) is 66.7 Å². The summed E-state index contributed by atoms with van der Waals surface area (Å²) in [6.45, 7) is 0.419. The zero-order valence-electron chi connectivity index (χ0n) is 14.2. The fraction of sp³-hybridized carbons (Fsp3) is 0.0909. The second-order valence-corrected chi connectivity index (χ2v) is 7.24. The molecule has 132 valence electrons. The van der Waals surface area contributed by atoms with Crippen LogP contribution in [0.4, 0.5) is 0 Å². The number of fused-ring (bicyclic) bond motifs is 1. The fourth-order valence-electron chi connectivity index (χ4n) is 3.47. The molecule has 4 rings (SSSR count). The molecule has 3 nitrogen and oxygen atoms in total. The largest absolute Gasteiger partial charge is 0.323 e. The summed E-state index contributed by atoms with van der Waals surface area (Å²) in [6.07, 6.45) is 0. The van der Waals surface area contributed by atoms with Crippen molar-refractivity contribution in [3.05, 3.63) is 105 Å². The molecular formula is C22H14Cl2N2O. The smallest absolute Gasteiger partial charge is 0.255 e. The monoisotopic (exact) mass is 392 g/mol. The molecular weight excluding hydrogens is 379 g/mol. The predicted molar refractivity (Wildman–Crippen MR) is 106 cm³/mol. The van der Waals surface area contributed by atoms with Gasteiger partial charge in [0.15, 0.2) is 0 Å². The lowest BCUT2D eigenvalue weighted by atomic mass is 9.97. The van der Waals surface area contributed by atoms with E-state index in [-0.39, 0.29) is 11.9 Å². The Hall–Kier alpha value is -2.80. The highest BCUT2D eigenvalue weighted by molar-refractivity contribution is 6.32. The van der Waals surface area contributed by atoms with Crippen molar-refractivity contribution < 1.29 is 4.79 Å². The fourth-order valence-corrected chi connectivity index (χ4v) is 3.87. The Morgan fingerprint density at radius 1 is 0.963 bits per heavy atom. The van der Waals surface area contributed by atoms with Gasteiger partial charge in [0, 0.05) is 27.7 Å². The highest BCUT2D eigenvalue weighted by Gasteiger charge is 2.39. The van der Waals surface area contributed by atoms with E-state index in [1.54, 1.807) is 23.1 Å². The van der Waals surface area contributed by atoms with Crippen molar-refractivity contribution in [3.8, 4) is 6.07 Å². The maximum atomic E-state index is 13.1. The highest BCUT2D eigenvalue weighted by Crippen LogP contribution is 2.43. The number of benzene rings is 3. The molecule has 1 unspecified atom stereocenters. The standard InChI is InChI=1S/C22H14Cl2N2O/c23-17-10-8-16(9-11-17)21-20-18(2-1-3-19(20)24)22(27)26(21)13-15-6-4-14(12-25)5-7-15/h1-11,21H,13H2. The van der Waals surface area contributed by atoms with E-state index in [9.17, 15) is 4.79 Å². The topological polar surface area (TPSA) is 44.1 Å². The van der Waals surface area contributed by atoms with Gasteiger partial charge in [-0.2, -0.15) is 5.26 Å². The van der Waals surface area contributed by atoms with Crippen LogP contribution < -0.4 is 0 Å². The number of carbonyl (C=O) groups excluding carboxylic acids is 1. The van der Waals surface area contributed by atoms with Gasteiger partial charge in [0.1, 0.15) is 0 Å². The SMILES string of the molecule is N#Cc1ccc(CN2C(=O)c3cccc(Cl)c3C2c2ccc(Cl)cc2)cc1. The van der Waals surface area contributed by atoms with Gasteiger partial charge in [-0.05, 0) is 47.5 Å². The molecule has 1 aliphatic heterocycles. The molecule has 0 bridgehead atoms. The van der Waals surface area contributed by atoms with Gasteiger partial charge in [-0.3, -0.25) is 4.79 Å². The Morgan fingerprint density at radius 2 is 1.67 bits per heavy atom. The van der Waals surface area contributed by atoms with Crippen molar-refractivity contribution >= 4 is 29.1 Å². The van der Waals surface area contributed by atoms with Gasteiger partial charge in [0.2, 0.25) is 0 Å². The van der Waals surface area contributed by atoms with E-state index in [4.69, 9.17) is 28.5 Å². The highest BCUT2D eigenvalue weighted by atomic mass is 35.5. The Bertz CT molecular complexity index is 1050. The molecule has 27 heavy (non-hydrogen) atoms. The molecule has 3 aromatic carbocycles. The molecule has 1 heterocycles. The summed E-state index contributed by atoms with van der Waals surface area (Å²) in [5.74, 6) is -0.0585. The van der Waals surface area contributed by atoms with E-state index in [1.807, 2.05) is 48.5 Å². The summed E-state index contributed by atoms with van der Waals surface area (Å²) >= 11 is 12.5. The molecule has 1 amide bonds. The molecule has 0 fully saturated rings.